The Balaban J connectivity index is 3.70. The van der Waals surface area contributed by atoms with Crippen LogP contribution < -0.4 is 0 Å². The molecule has 0 aromatic heterocycles. The van der Waals surface area contributed by atoms with Crippen LogP contribution in [0.5, 0.6) is 0 Å². The largest absolute Gasteiger partial charge is 0.462 e. The molecule has 44 heavy (non-hydrogen) atoms. The number of rotatable bonds is 30. The van der Waals surface area contributed by atoms with Crippen LogP contribution in [-0.4, -0.2) is 36.4 Å². The molecule has 0 saturated carbocycles. The third-order valence-electron chi connectivity index (χ3n) is 7.00. The molecule has 1 unspecified atom stereocenters. The first-order chi connectivity index (χ1) is 21.6. The van der Waals surface area contributed by atoms with E-state index in [0.717, 1.165) is 57.8 Å². The molecule has 1 N–H and O–H groups in total. The van der Waals surface area contributed by atoms with Gasteiger partial charge in [0, 0.05) is 12.8 Å². The smallest absolute Gasteiger partial charge is 0.306 e. The molecule has 0 aliphatic carbocycles. The van der Waals surface area contributed by atoms with Gasteiger partial charge in [0.15, 0.2) is 6.10 Å². The van der Waals surface area contributed by atoms with E-state index in [2.05, 4.69) is 74.6 Å². The molecule has 0 aromatic rings. The molecule has 0 aliphatic rings. The number of hydrogen-bond acceptors (Lipinski definition) is 5. The highest BCUT2D eigenvalue weighted by atomic mass is 16.6. The van der Waals surface area contributed by atoms with Gasteiger partial charge in [-0.15, -0.1) is 0 Å². The Morgan fingerprint density at radius 1 is 0.545 bits per heavy atom. The molecular formula is C39H64O5. The lowest BCUT2D eigenvalue weighted by Gasteiger charge is -2.15. The van der Waals surface area contributed by atoms with Crippen molar-refractivity contribution in [3.8, 4) is 0 Å². The molecule has 0 aromatic carbocycles. The van der Waals surface area contributed by atoms with E-state index in [-0.39, 0.29) is 25.6 Å². The van der Waals surface area contributed by atoms with Crippen molar-refractivity contribution in [1.82, 2.24) is 0 Å². The SMILES string of the molecule is CC/C=C\C/C=C\C/C=C\C/C=C\CCC(=O)OC(CO)COC(=O)CCCCCCCCC/C=C\C/C=C\CCCCC. The number of aliphatic hydroxyl groups excluding tert-OH is 1. The molecule has 0 aliphatic heterocycles. The average Bonchev–Trinajstić information content (AvgIpc) is 3.02. The molecule has 0 spiro atoms. The zero-order valence-corrected chi connectivity index (χ0v) is 28.1. The van der Waals surface area contributed by atoms with Crippen molar-refractivity contribution in [3.05, 3.63) is 72.9 Å². The van der Waals surface area contributed by atoms with E-state index >= 15 is 0 Å². The molecule has 0 fully saturated rings. The summed E-state index contributed by atoms with van der Waals surface area (Å²) in [6, 6.07) is 0. The molecule has 0 heterocycles. The number of aliphatic hydroxyl groups is 1. The predicted octanol–water partition coefficient (Wildman–Crippen LogP) is 10.6. The first kappa shape index (κ1) is 41.3. The maximum absolute atomic E-state index is 12.1. The van der Waals surface area contributed by atoms with E-state index in [1.54, 1.807) is 0 Å². The summed E-state index contributed by atoms with van der Waals surface area (Å²) in [5.41, 5.74) is 0. The second-order valence-electron chi connectivity index (χ2n) is 11.2. The summed E-state index contributed by atoms with van der Waals surface area (Å²) in [5, 5.41) is 9.50. The number of carbonyl (C=O) groups is 2. The van der Waals surface area contributed by atoms with Crippen molar-refractivity contribution in [1.29, 1.82) is 0 Å². The van der Waals surface area contributed by atoms with E-state index < -0.39 is 12.1 Å². The third kappa shape index (κ3) is 32.3. The molecule has 0 radical (unpaired) electrons. The lowest BCUT2D eigenvalue weighted by molar-refractivity contribution is -0.161. The second kappa shape index (κ2) is 34.8. The van der Waals surface area contributed by atoms with Crippen LogP contribution >= 0.6 is 0 Å². The number of hydrogen-bond donors (Lipinski definition) is 1. The van der Waals surface area contributed by atoms with Crippen LogP contribution in [0.2, 0.25) is 0 Å². The van der Waals surface area contributed by atoms with Gasteiger partial charge in [0.2, 0.25) is 0 Å². The first-order valence-electron chi connectivity index (χ1n) is 17.5. The predicted molar refractivity (Wildman–Crippen MR) is 186 cm³/mol. The second-order valence-corrected chi connectivity index (χ2v) is 11.2. The molecule has 0 amide bonds. The standard InChI is InChI=1S/C39H64O5/c1-3-5-7-9-11-13-15-17-18-19-20-22-23-25-27-29-31-33-38(41)43-36-37(35-40)44-39(42)34-32-30-28-26-24-21-16-14-12-10-8-6-4-2/h6,8,11-14,17-18,21,24,28,30,37,40H,3-5,7,9-10,15-16,19-20,22-23,25-27,29,31-36H2,1-2H3/b8-6-,13-11-,14-12-,18-17-,24-21-,30-28-. The lowest BCUT2D eigenvalue weighted by Crippen LogP contribution is -2.28. The van der Waals surface area contributed by atoms with Crippen LogP contribution in [0.4, 0.5) is 0 Å². The Morgan fingerprint density at radius 3 is 1.57 bits per heavy atom. The Hall–Kier alpha value is -2.66. The summed E-state index contributed by atoms with van der Waals surface area (Å²) >= 11 is 0. The fourth-order valence-corrected chi connectivity index (χ4v) is 4.36. The summed E-state index contributed by atoms with van der Waals surface area (Å²) in [6.45, 7) is 3.90. The van der Waals surface area contributed by atoms with Crippen molar-refractivity contribution in [3.63, 3.8) is 0 Å². The van der Waals surface area contributed by atoms with Crippen molar-refractivity contribution in [2.45, 2.75) is 148 Å². The molecular weight excluding hydrogens is 548 g/mol. The number of allylic oxidation sites excluding steroid dienone is 12. The summed E-state index contributed by atoms with van der Waals surface area (Å²) in [5.74, 6) is -0.703. The topological polar surface area (TPSA) is 72.8 Å². The number of unbranched alkanes of at least 4 members (excludes halogenated alkanes) is 10. The van der Waals surface area contributed by atoms with E-state index in [1.165, 1.54) is 51.4 Å². The van der Waals surface area contributed by atoms with Crippen LogP contribution in [0.15, 0.2) is 72.9 Å². The summed E-state index contributed by atoms with van der Waals surface area (Å²) in [6.07, 6.45) is 45.4. The molecule has 1 atom stereocenters. The van der Waals surface area contributed by atoms with E-state index in [4.69, 9.17) is 9.47 Å². The van der Waals surface area contributed by atoms with Gasteiger partial charge in [0.1, 0.15) is 6.61 Å². The molecule has 0 saturated heterocycles. The number of ether oxygens (including phenoxy) is 2. The fourth-order valence-electron chi connectivity index (χ4n) is 4.36. The van der Waals surface area contributed by atoms with Crippen LogP contribution in [-0.2, 0) is 19.1 Å². The molecule has 0 rings (SSSR count). The molecule has 0 bridgehead atoms. The monoisotopic (exact) mass is 612 g/mol. The van der Waals surface area contributed by atoms with Gasteiger partial charge in [-0.2, -0.15) is 0 Å². The highest BCUT2D eigenvalue weighted by Gasteiger charge is 2.15. The van der Waals surface area contributed by atoms with Gasteiger partial charge < -0.3 is 14.6 Å². The van der Waals surface area contributed by atoms with Gasteiger partial charge in [-0.25, -0.2) is 0 Å². The maximum Gasteiger partial charge on any atom is 0.306 e. The Bertz CT molecular complexity index is 833. The van der Waals surface area contributed by atoms with Crippen LogP contribution in [0.1, 0.15) is 142 Å². The minimum absolute atomic E-state index is 0.102. The van der Waals surface area contributed by atoms with Crippen LogP contribution in [0.25, 0.3) is 0 Å². The molecule has 250 valence electrons. The highest BCUT2D eigenvalue weighted by Crippen LogP contribution is 2.11. The Morgan fingerprint density at radius 2 is 1.02 bits per heavy atom. The van der Waals surface area contributed by atoms with Crippen molar-refractivity contribution in [2.75, 3.05) is 13.2 Å². The normalized spacial score (nSPS) is 13.1. The first-order valence-corrected chi connectivity index (χ1v) is 17.5. The van der Waals surface area contributed by atoms with Gasteiger partial charge in [-0.1, -0.05) is 132 Å². The number of esters is 2. The van der Waals surface area contributed by atoms with Gasteiger partial charge in [0.05, 0.1) is 6.61 Å². The van der Waals surface area contributed by atoms with Gasteiger partial charge in [0.25, 0.3) is 0 Å². The summed E-state index contributed by atoms with van der Waals surface area (Å²) in [7, 11) is 0. The fraction of sp³-hybridized carbons (Fsp3) is 0.641. The van der Waals surface area contributed by atoms with Crippen LogP contribution in [0, 0.1) is 0 Å². The number of carbonyl (C=O) groups excluding carboxylic acids is 2. The van der Waals surface area contributed by atoms with Crippen molar-refractivity contribution < 1.29 is 24.2 Å². The highest BCUT2D eigenvalue weighted by molar-refractivity contribution is 5.70. The quantitative estimate of drug-likeness (QED) is 0.0496. The van der Waals surface area contributed by atoms with Gasteiger partial charge in [-0.3, -0.25) is 9.59 Å². The maximum atomic E-state index is 12.1. The zero-order chi connectivity index (χ0) is 32.2. The minimum atomic E-state index is -0.814. The summed E-state index contributed by atoms with van der Waals surface area (Å²) < 4.78 is 10.5. The van der Waals surface area contributed by atoms with E-state index in [1.807, 2.05) is 12.2 Å². The zero-order valence-electron chi connectivity index (χ0n) is 28.1. The van der Waals surface area contributed by atoms with Crippen LogP contribution in [0.3, 0.4) is 0 Å². The lowest BCUT2D eigenvalue weighted by atomic mass is 10.1. The van der Waals surface area contributed by atoms with Crippen molar-refractivity contribution >= 4 is 11.9 Å². The van der Waals surface area contributed by atoms with E-state index in [0.29, 0.717) is 12.8 Å². The molecule has 5 nitrogen and oxygen atoms in total. The van der Waals surface area contributed by atoms with E-state index in [9.17, 15) is 14.7 Å². The summed E-state index contributed by atoms with van der Waals surface area (Å²) in [4.78, 5) is 24.1. The van der Waals surface area contributed by atoms with Crippen molar-refractivity contribution in [2.24, 2.45) is 0 Å². The minimum Gasteiger partial charge on any atom is -0.462 e. The van der Waals surface area contributed by atoms with Gasteiger partial charge in [-0.05, 0) is 70.6 Å². The third-order valence-corrected chi connectivity index (χ3v) is 7.00. The Kier molecular flexibility index (Phi) is 32.7. The van der Waals surface area contributed by atoms with Gasteiger partial charge >= 0.3 is 11.9 Å². The molecule has 5 heteroatoms. The Labute approximate surface area is 270 Å². The average molecular weight is 613 g/mol.